The lowest BCUT2D eigenvalue weighted by Gasteiger charge is -2.17. The molecular weight excluding hydrogens is 206 g/mol. The predicted octanol–water partition coefficient (Wildman–Crippen LogP) is 1.79. The maximum atomic E-state index is 11.6. The largest absolute Gasteiger partial charge is 0.481 e. The number of carbonyl (C=O) groups excluding carboxylic acids is 1. The van der Waals surface area contributed by atoms with Gasteiger partial charge in [-0.25, -0.2) is 0 Å². The molecule has 0 spiro atoms. The minimum absolute atomic E-state index is 0.00694. The molecule has 0 radical (unpaired) electrons. The van der Waals surface area contributed by atoms with E-state index in [1.807, 2.05) is 13.8 Å². The average Bonchev–Trinajstić information content (AvgIpc) is 2.98. The number of amides is 1. The van der Waals surface area contributed by atoms with Crippen LogP contribution in [-0.4, -0.2) is 23.0 Å². The van der Waals surface area contributed by atoms with Gasteiger partial charge in [-0.15, -0.1) is 0 Å². The summed E-state index contributed by atoms with van der Waals surface area (Å²) >= 11 is 0. The highest BCUT2D eigenvalue weighted by Crippen LogP contribution is 2.34. The Morgan fingerprint density at radius 2 is 2.00 bits per heavy atom. The van der Waals surface area contributed by atoms with Gasteiger partial charge in [0.15, 0.2) is 0 Å². The number of carboxylic acids is 1. The molecule has 4 heteroatoms. The lowest BCUT2D eigenvalue weighted by atomic mass is 10.0. The van der Waals surface area contributed by atoms with Crippen LogP contribution in [0.3, 0.4) is 0 Å². The van der Waals surface area contributed by atoms with E-state index in [4.69, 9.17) is 5.11 Å². The van der Waals surface area contributed by atoms with Crippen LogP contribution >= 0.6 is 0 Å². The summed E-state index contributed by atoms with van der Waals surface area (Å²) in [6, 6.07) is -0.158. The van der Waals surface area contributed by atoms with E-state index in [1.165, 1.54) is 0 Å². The van der Waals surface area contributed by atoms with Crippen molar-refractivity contribution in [3.63, 3.8) is 0 Å². The minimum Gasteiger partial charge on any atom is -0.481 e. The first-order valence-corrected chi connectivity index (χ1v) is 6.04. The number of carboxylic acid groups (broad SMARTS) is 1. The molecule has 1 amide bonds. The maximum Gasteiger partial charge on any atom is 0.305 e. The molecule has 2 atom stereocenters. The van der Waals surface area contributed by atoms with Crippen molar-refractivity contribution >= 4 is 11.9 Å². The monoisotopic (exact) mass is 227 g/mol. The molecule has 0 aliphatic heterocycles. The third kappa shape index (κ3) is 4.64. The van der Waals surface area contributed by atoms with Crippen molar-refractivity contribution in [2.45, 2.75) is 52.0 Å². The summed E-state index contributed by atoms with van der Waals surface area (Å²) in [6.45, 7) is 4.08. The standard InChI is InChI=1S/C12H21NO3/c1-3-8(2)6-11(14)13-10(7-12(15)16)9-4-5-9/h8-10H,3-7H2,1-2H3,(H,13,14)(H,15,16). The summed E-state index contributed by atoms with van der Waals surface area (Å²) in [7, 11) is 0. The Morgan fingerprint density at radius 3 is 2.44 bits per heavy atom. The average molecular weight is 227 g/mol. The number of nitrogens with one attached hydrogen (secondary N) is 1. The zero-order chi connectivity index (χ0) is 12.1. The molecule has 1 aliphatic carbocycles. The number of rotatable bonds is 7. The number of carbonyl (C=O) groups is 2. The topological polar surface area (TPSA) is 66.4 Å². The summed E-state index contributed by atoms with van der Waals surface area (Å²) < 4.78 is 0. The second kappa shape index (κ2) is 5.87. The highest BCUT2D eigenvalue weighted by atomic mass is 16.4. The highest BCUT2D eigenvalue weighted by Gasteiger charge is 2.33. The zero-order valence-corrected chi connectivity index (χ0v) is 10.0. The number of hydrogen-bond acceptors (Lipinski definition) is 2. The van der Waals surface area contributed by atoms with Gasteiger partial charge in [0, 0.05) is 12.5 Å². The van der Waals surface area contributed by atoms with Crippen LogP contribution < -0.4 is 5.32 Å². The molecule has 1 saturated carbocycles. The molecule has 0 aromatic carbocycles. The Labute approximate surface area is 96.4 Å². The molecule has 0 aromatic rings. The number of aliphatic carboxylic acids is 1. The van der Waals surface area contributed by atoms with Crippen molar-refractivity contribution in [3.05, 3.63) is 0 Å². The first-order valence-electron chi connectivity index (χ1n) is 6.04. The molecule has 1 rings (SSSR count). The maximum absolute atomic E-state index is 11.6. The van der Waals surface area contributed by atoms with Gasteiger partial charge in [-0.2, -0.15) is 0 Å². The van der Waals surface area contributed by atoms with E-state index in [9.17, 15) is 9.59 Å². The fourth-order valence-electron chi connectivity index (χ4n) is 1.75. The Hall–Kier alpha value is -1.06. The lowest BCUT2D eigenvalue weighted by Crippen LogP contribution is -2.38. The van der Waals surface area contributed by atoms with Crippen molar-refractivity contribution in [2.75, 3.05) is 0 Å². The third-order valence-corrected chi connectivity index (χ3v) is 3.16. The molecule has 1 fully saturated rings. The van der Waals surface area contributed by atoms with E-state index in [2.05, 4.69) is 5.32 Å². The zero-order valence-electron chi connectivity index (χ0n) is 10.0. The summed E-state index contributed by atoms with van der Waals surface area (Å²) in [5, 5.41) is 11.6. The van der Waals surface area contributed by atoms with Crippen LogP contribution in [0.1, 0.15) is 46.0 Å². The predicted molar refractivity (Wildman–Crippen MR) is 61.0 cm³/mol. The minimum atomic E-state index is -0.833. The van der Waals surface area contributed by atoms with Crippen molar-refractivity contribution in [2.24, 2.45) is 11.8 Å². The normalized spacial score (nSPS) is 18.9. The van der Waals surface area contributed by atoms with E-state index in [0.717, 1.165) is 19.3 Å². The van der Waals surface area contributed by atoms with Gasteiger partial charge < -0.3 is 10.4 Å². The van der Waals surface area contributed by atoms with Crippen LogP contribution in [0, 0.1) is 11.8 Å². The molecule has 2 N–H and O–H groups in total. The van der Waals surface area contributed by atoms with Gasteiger partial charge in [0.05, 0.1) is 6.42 Å². The SMILES string of the molecule is CCC(C)CC(=O)NC(CC(=O)O)C1CC1. The smallest absolute Gasteiger partial charge is 0.305 e. The molecule has 2 unspecified atom stereocenters. The second-order valence-electron chi connectivity index (χ2n) is 4.83. The molecule has 0 saturated heterocycles. The van der Waals surface area contributed by atoms with Gasteiger partial charge in [-0.1, -0.05) is 20.3 Å². The van der Waals surface area contributed by atoms with Crippen LogP contribution in [0.15, 0.2) is 0 Å². The Bertz CT molecular complexity index is 261. The van der Waals surface area contributed by atoms with Crippen molar-refractivity contribution < 1.29 is 14.7 Å². The van der Waals surface area contributed by atoms with Crippen LogP contribution in [0.25, 0.3) is 0 Å². The molecule has 1 aliphatic rings. The van der Waals surface area contributed by atoms with Crippen LogP contribution in [0.4, 0.5) is 0 Å². The molecular formula is C12H21NO3. The van der Waals surface area contributed by atoms with E-state index in [1.54, 1.807) is 0 Å². The Morgan fingerprint density at radius 1 is 1.38 bits per heavy atom. The van der Waals surface area contributed by atoms with Gasteiger partial charge in [-0.05, 0) is 24.7 Å². The highest BCUT2D eigenvalue weighted by molar-refractivity contribution is 5.77. The van der Waals surface area contributed by atoms with Crippen molar-refractivity contribution in [3.8, 4) is 0 Å². The quantitative estimate of drug-likeness (QED) is 0.697. The van der Waals surface area contributed by atoms with E-state index in [0.29, 0.717) is 18.3 Å². The van der Waals surface area contributed by atoms with Crippen LogP contribution in [0.2, 0.25) is 0 Å². The van der Waals surface area contributed by atoms with Crippen LogP contribution in [-0.2, 0) is 9.59 Å². The lowest BCUT2D eigenvalue weighted by molar-refractivity contribution is -0.137. The first kappa shape index (κ1) is 13.0. The van der Waals surface area contributed by atoms with Crippen molar-refractivity contribution in [1.29, 1.82) is 0 Å². The number of hydrogen-bond donors (Lipinski definition) is 2. The van der Waals surface area contributed by atoms with E-state index in [-0.39, 0.29) is 18.4 Å². The molecule has 0 aromatic heterocycles. The summed E-state index contributed by atoms with van der Waals surface area (Å²) in [6.07, 6.45) is 3.61. The Kier molecular flexibility index (Phi) is 4.77. The summed E-state index contributed by atoms with van der Waals surface area (Å²) in [5.41, 5.74) is 0. The van der Waals surface area contributed by atoms with Gasteiger partial charge in [0.2, 0.25) is 5.91 Å². The third-order valence-electron chi connectivity index (χ3n) is 3.16. The fraction of sp³-hybridized carbons (Fsp3) is 0.833. The molecule has 92 valence electrons. The molecule has 16 heavy (non-hydrogen) atoms. The fourth-order valence-corrected chi connectivity index (χ4v) is 1.75. The van der Waals surface area contributed by atoms with Gasteiger partial charge in [-0.3, -0.25) is 9.59 Å². The first-order chi connectivity index (χ1) is 7.52. The Balaban J connectivity index is 2.35. The van der Waals surface area contributed by atoms with Crippen LogP contribution in [0.5, 0.6) is 0 Å². The molecule has 4 nitrogen and oxygen atoms in total. The van der Waals surface area contributed by atoms with Gasteiger partial charge >= 0.3 is 5.97 Å². The van der Waals surface area contributed by atoms with E-state index < -0.39 is 5.97 Å². The van der Waals surface area contributed by atoms with Gasteiger partial charge in [0.1, 0.15) is 0 Å². The summed E-state index contributed by atoms with van der Waals surface area (Å²) in [4.78, 5) is 22.3. The van der Waals surface area contributed by atoms with E-state index >= 15 is 0 Å². The van der Waals surface area contributed by atoms with Crippen molar-refractivity contribution in [1.82, 2.24) is 5.32 Å². The van der Waals surface area contributed by atoms with Gasteiger partial charge in [0.25, 0.3) is 0 Å². The second-order valence-corrected chi connectivity index (χ2v) is 4.83. The summed E-state index contributed by atoms with van der Waals surface area (Å²) in [5.74, 6) is -0.0881. The molecule has 0 heterocycles. The molecule has 0 bridgehead atoms.